The predicted molar refractivity (Wildman–Crippen MR) is 131 cm³/mol. The van der Waals surface area contributed by atoms with Crippen molar-refractivity contribution in [1.82, 2.24) is 5.32 Å². The number of benzene rings is 3. The van der Waals surface area contributed by atoms with E-state index in [1.165, 1.54) is 12.1 Å². The zero-order chi connectivity index (χ0) is 24.0. The van der Waals surface area contributed by atoms with Crippen LogP contribution in [-0.2, 0) is 21.4 Å². The molecule has 0 bridgehead atoms. The summed E-state index contributed by atoms with van der Waals surface area (Å²) in [5.41, 5.74) is 2.04. The summed E-state index contributed by atoms with van der Waals surface area (Å²) in [6.07, 6.45) is 0.0711. The van der Waals surface area contributed by atoms with Crippen molar-refractivity contribution in [2.45, 2.75) is 38.3 Å². The van der Waals surface area contributed by atoms with Crippen molar-refractivity contribution in [2.75, 3.05) is 10.8 Å². The molecule has 3 rings (SSSR count). The highest BCUT2D eigenvalue weighted by molar-refractivity contribution is 7.92. The fraction of sp³-hybridized carbons (Fsp3) is 0.240. The summed E-state index contributed by atoms with van der Waals surface area (Å²) in [5.74, 6) is 0.294. The maximum absolute atomic E-state index is 13.4. The molecule has 0 aliphatic heterocycles. The Hall–Kier alpha value is -3.03. The van der Waals surface area contributed by atoms with Crippen molar-refractivity contribution >= 4 is 33.2 Å². The number of rotatable bonds is 9. The van der Waals surface area contributed by atoms with Crippen molar-refractivity contribution in [3.63, 3.8) is 0 Å². The van der Waals surface area contributed by atoms with Gasteiger partial charge in [-0.1, -0.05) is 53.6 Å². The summed E-state index contributed by atoms with van der Waals surface area (Å²) >= 11 is 6.30. The van der Waals surface area contributed by atoms with E-state index in [4.69, 9.17) is 16.3 Å². The minimum absolute atomic E-state index is 0.0711. The van der Waals surface area contributed by atoms with Crippen molar-refractivity contribution in [1.29, 1.82) is 0 Å². The van der Waals surface area contributed by atoms with Crippen LogP contribution < -0.4 is 14.4 Å². The number of carbonyl (C=O) groups is 1. The lowest BCUT2D eigenvalue weighted by Gasteiger charge is -2.25. The quantitative estimate of drug-likeness (QED) is 0.464. The maximum Gasteiger partial charge on any atom is 0.264 e. The zero-order valence-electron chi connectivity index (χ0n) is 18.8. The Labute approximate surface area is 200 Å². The van der Waals surface area contributed by atoms with Gasteiger partial charge in [-0.2, -0.15) is 0 Å². The van der Waals surface area contributed by atoms with Gasteiger partial charge < -0.3 is 10.1 Å². The fourth-order valence-corrected chi connectivity index (χ4v) is 4.86. The molecule has 0 heterocycles. The van der Waals surface area contributed by atoms with Crippen molar-refractivity contribution < 1.29 is 17.9 Å². The van der Waals surface area contributed by atoms with Crippen molar-refractivity contribution in [2.24, 2.45) is 0 Å². The molecule has 0 unspecified atom stereocenters. The van der Waals surface area contributed by atoms with Gasteiger partial charge in [0.05, 0.1) is 21.7 Å². The third-order valence-corrected chi connectivity index (χ3v) is 6.90. The largest absolute Gasteiger partial charge is 0.491 e. The van der Waals surface area contributed by atoms with Gasteiger partial charge in [-0.15, -0.1) is 0 Å². The number of sulfonamides is 1. The second-order valence-corrected chi connectivity index (χ2v) is 10.1. The van der Waals surface area contributed by atoms with Crippen molar-refractivity contribution in [3.05, 3.63) is 88.9 Å². The Morgan fingerprint density at radius 2 is 1.64 bits per heavy atom. The molecule has 3 aromatic carbocycles. The molecule has 0 aliphatic carbocycles. The Morgan fingerprint density at radius 1 is 1.00 bits per heavy atom. The van der Waals surface area contributed by atoms with Crippen LogP contribution in [0.2, 0.25) is 5.02 Å². The standard InChI is InChI=1S/C25H27ClN2O4S/c1-18(2)32-21-12-10-20(11-13-21)16-27-25(29)17-28(24-7-5-4-6-23(24)26)33(30,31)22-14-8-19(3)9-15-22/h4-15,18H,16-17H2,1-3H3,(H,27,29). The number of ether oxygens (including phenoxy) is 1. The fourth-order valence-electron chi connectivity index (χ4n) is 3.14. The monoisotopic (exact) mass is 486 g/mol. The maximum atomic E-state index is 13.4. The molecule has 0 aromatic heterocycles. The Balaban J connectivity index is 1.78. The average Bonchev–Trinajstić information content (AvgIpc) is 2.77. The molecule has 33 heavy (non-hydrogen) atoms. The average molecular weight is 487 g/mol. The van der Waals surface area contributed by atoms with Gasteiger partial charge in [-0.3, -0.25) is 9.10 Å². The molecule has 0 fully saturated rings. The first kappa shape index (κ1) is 24.6. The lowest BCUT2D eigenvalue weighted by atomic mass is 10.2. The van der Waals surface area contributed by atoms with E-state index in [9.17, 15) is 13.2 Å². The summed E-state index contributed by atoms with van der Waals surface area (Å²) in [4.78, 5) is 12.9. The molecule has 0 aliphatic rings. The molecule has 0 saturated heterocycles. The van der Waals surface area contributed by atoms with Gasteiger partial charge in [0.25, 0.3) is 10.0 Å². The second-order valence-electron chi connectivity index (χ2n) is 7.86. The van der Waals surface area contributed by atoms with Crippen LogP contribution in [0.25, 0.3) is 0 Å². The van der Waals surface area contributed by atoms with E-state index in [0.29, 0.717) is 0 Å². The highest BCUT2D eigenvalue weighted by Gasteiger charge is 2.28. The number of aryl methyl sites for hydroxylation is 1. The summed E-state index contributed by atoms with van der Waals surface area (Å²) in [7, 11) is -4.02. The van der Waals surface area contributed by atoms with E-state index in [2.05, 4.69) is 5.32 Å². The third-order valence-electron chi connectivity index (χ3n) is 4.80. The first-order valence-electron chi connectivity index (χ1n) is 10.5. The molecular weight excluding hydrogens is 460 g/mol. The SMILES string of the molecule is Cc1ccc(S(=O)(=O)N(CC(=O)NCc2ccc(OC(C)C)cc2)c2ccccc2Cl)cc1. The molecule has 0 saturated carbocycles. The normalized spacial score (nSPS) is 11.3. The van der Waals surface area contributed by atoms with Crippen LogP contribution in [0.15, 0.2) is 77.7 Å². The topological polar surface area (TPSA) is 75.7 Å². The highest BCUT2D eigenvalue weighted by atomic mass is 35.5. The molecule has 174 valence electrons. The first-order chi connectivity index (χ1) is 15.7. The molecule has 8 heteroatoms. The Bertz CT molecular complexity index is 1190. The molecule has 0 atom stereocenters. The zero-order valence-corrected chi connectivity index (χ0v) is 20.4. The second kappa shape index (κ2) is 10.7. The Morgan fingerprint density at radius 3 is 2.24 bits per heavy atom. The number of amides is 1. The molecule has 0 spiro atoms. The van der Waals surface area contributed by atoms with Gasteiger partial charge in [0.15, 0.2) is 0 Å². The summed E-state index contributed by atoms with van der Waals surface area (Å²) in [6.45, 7) is 5.61. The van der Waals surface area contributed by atoms with E-state index in [1.807, 2.05) is 45.0 Å². The molecule has 6 nitrogen and oxygen atoms in total. The van der Waals surface area contributed by atoms with Crippen LogP contribution in [-0.4, -0.2) is 27.0 Å². The van der Waals surface area contributed by atoms with Gasteiger partial charge in [-0.05, 0) is 62.7 Å². The summed E-state index contributed by atoms with van der Waals surface area (Å²) in [5, 5.41) is 3.02. The van der Waals surface area contributed by atoms with Crippen LogP contribution in [0.5, 0.6) is 5.75 Å². The Kier molecular flexibility index (Phi) is 8.00. The lowest BCUT2D eigenvalue weighted by Crippen LogP contribution is -2.40. The number of nitrogens with zero attached hydrogens (tertiary/aromatic N) is 1. The van der Waals surface area contributed by atoms with E-state index in [-0.39, 0.29) is 28.3 Å². The van der Waals surface area contributed by atoms with Gasteiger partial charge in [0, 0.05) is 6.54 Å². The number of para-hydroxylation sites is 1. The van der Waals surface area contributed by atoms with Gasteiger partial charge in [0.1, 0.15) is 12.3 Å². The highest BCUT2D eigenvalue weighted by Crippen LogP contribution is 2.30. The minimum Gasteiger partial charge on any atom is -0.491 e. The molecule has 0 radical (unpaired) electrons. The molecule has 3 aromatic rings. The van der Waals surface area contributed by atoms with Crippen LogP contribution in [0.3, 0.4) is 0 Å². The van der Waals surface area contributed by atoms with Crippen LogP contribution in [0.4, 0.5) is 5.69 Å². The molecular formula is C25H27ClN2O4S. The van der Waals surface area contributed by atoms with Gasteiger partial charge in [-0.25, -0.2) is 8.42 Å². The first-order valence-corrected chi connectivity index (χ1v) is 12.3. The number of anilines is 1. The van der Waals surface area contributed by atoms with Crippen molar-refractivity contribution in [3.8, 4) is 5.75 Å². The summed E-state index contributed by atoms with van der Waals surface area (Å²) < 4.78 is 33.5. The van der Waals surface area contributed by atoms with E-state index in [1.54, 1.807) is 36.4 Å². The number of hydrogen-bond acceptors (Lipinski definition) is 4. The van der Waals surface area contributed by atoms with E-state index < -0.39 is 22.5 Å². The van der Waals surface area contributed by atoms with Gasteiger partial charge >= 0.3 is 0 Å². The van der Waals surface area contributed by atoms with E-state index in [0.717, 1.165) is 21.2 Å². The van der Waals surface area contributed by atoms with Crippen LogP contribution >= 0.6 is 11.6 Å². The third kappa shape index (κ3) is 6.49. The number of carbonyl (C=O) groups excluding carboxylic acids is 1. The van der Waals surface area contributed by atoms with E-state index >= 15 is 0 Å². The van der Waals surface area contributed by atoms with Crippen LogP contribution in [0, 0.1) is 6.92 Å². The number of hydrogen-bond donors (Lipinski definition) is 1. The minimum atomic E-state index is -4.02. The van der Waals surface area contributed by atoms with Crippen LogP contribution in [0.1, 0.15) is 25.0 Å². The molecule has 1 N–H and O–H groups in total. The smallest absolute Gasteiger partial charge is 0.264 e. The number of nitrogens with one attached hydrogen (secondary N) is 1. The van der Waals surface area contributed by atoms with Gasteiger partial charge in [0.2, 0.25) is 5.91 Å². The summed E-state index contributed by atoms with van der Waals surface area (Å²) in [6, 6.07) is 20.4. The predicted octanol–water partition coefficient (Wildman–Crippen LogP) is 4.95. The molecule has 1 amide bonds. The lowest BCUT2D eigenvalue weighted by molar-refractivity contribution is -0.119. The number of halogens is 1.